The van der Waals surface area contributed by atoms with Gasteiger partial charge in [0.15, 0.2) is 0 Å². The number of rotatable bonds is 12. The van der Waals surface area contributed by atoms with Crippen LogP contribution in [0.3, 0.4) is 0 Å². The van der Waals surface area contributed by atoms with Crippen LogP contribution in [-0.4, -0.2) is 63.7 Å². The molecule has 0 heterocycles. The molecular formula is C10H22N4O8P2. The maximum atomic E-state index is 11.5. The lowest BCUT2D eigenvalue weighted by atomic mass is 10.3. The third kappa shape index (κ3) is 7.74. The van der Waals surface area contributed by atoms with Gasteiger partial charge in [-0.05, 0) is 18.4 Å². The lowest BCUT2D eigenvalue weighted by molar-refractivity contribution is -0.122. The maximum absolute atomic E-state index is 11.5. The van der Waals surface area contributed by atoms with Crippen molar-refractivity contribution in [3.63, 3.8) is 0 Å². The first-order valence-corrected chi connectivity index (χ1v) is 10.6. The number of ether oxygens (including phenoxy) is 1. The molecular weight excluding hydrogens is 366 g/mol. The second-order valence-electron chi connectivity index (χ2n) is 4.97. The van der Waals surface area contributed by atoms with Crippen LogP contribution in [0.1, 0.15) is 19.3 Å². The molecule has 2 unspecified atom stereocenters. The molecule has 140 valence electrons. The zero-order valence-electron chi connectivity index (χ0n) is 13.1. The van der Waals surface area contributed by atoms with Crippen molar-refractivity contribution < 1.29 is 38.4 Å². The highest BCUT2D eigenvalue weighted by Crippen LogP contribution is 2.69. The predicted octanol–water partition coefficient (Wildman–Crippen LogP) is 0.324. The van der Waals surface area contributed by atoms with Crippen molar-refractivity contribution in [1.82, 2.24) is 5.32 Å². The number of aliphatic hydroxyl groups is 1. The molecule has 0 aromatic heterocycles. The highest BCUT2D eigenvalue weighted by molar-refractivity contribution is 7.74. The molecule has 0 saturated heterocycles. The molecule has 0 radical (unpaired) electrons. The molecule has 2 atom stereocenters. The van der Waals surface area contributed by atoms with Crippen molar-refractivity contribution in [1.29, 1.82) is 0 Å². The standard InChI is InChI=1S/C10H22N4O8P2/c1-23(17,18)10(16,24(19,20)21)4-2-5-12-9(15)3-7-22-8-6-13-14-11/h16H,2-8H2,1H3,(H,12,15)(H,17,18)(H2,19,20,21). The Morgan fingerprint density at radius 3 is 2.46 bits per heavy atom. The molecule has 0 aliphatic rings. The van der Waals surface area contributed by atoms with Crippen LogP contribution in [-0.2, 0) is 18.7 Å². The molecule has 0 aromatic carbocycles. The van der Waals surface area contributed by atoms with Gasteiger partial charge in [0.05, 0.1) is 13.2 Å². The van der Waals surface area contributed by atoms with Crippen molar-refractivity contribution in [3.8, 4) is 0 Å². The summed E-state index contributed by atoms with van der Waals surface area (Å²) < 4.78 is 27.8. The third-order valence-corrected chi connectivity index (χ3v) is 7.62. The Labute approximate surface area is 138 Å². The number of amides is 1. The minimum atomic E-state index is -5.23. The molecule has 0 fully saturated rings. The predicted molar refractivity (Wildman–Crippen MR) is 84.4 cm³/mol. The van der Waals surface area contributed by atoms with E-state index in [1.165, 1.54) is 0 Å². The van der Waals surface area contributed by atoms with Crippen LogP contribution in [0.15, 0.2) is 5.11 Å². The van der Waals surface area contributed by atoms with Crippen molar-refractivity contribution in [2.45, 2.75) is 24.3 Å². The van der Waals surface area contributed by atoms with E-state index in [0.717, 1.165) is 0 Å². The number of hydrogen-bond acceptors (Lipinski definition) is 6. The second kappa shape index (κ2) is 10.1. The van der Waals surface area contributed by atoms with Crippen molar-refractivity contribution in [2.75, 3.05) is 33.0 Å². The Morgan fingerprint density at radius 1 is 1.33 bits per heavy atom. The number of carbonyl (C=O) groups is 1. The molecule has 1 amide bonds. The van der Waals surface area contributed by atoms with Gasteiger partial charge in [0.2, 0.25) is 18.4 Å². The first-order valence-electron chi connectivity index (χ1n) is 6.89. The average molecular weight is 388 g/mol. The molecule has 0 bridgehead atoms. The van der Waals surface area contributed by atoms with Gasteiger partial charge in [-0.2, -0.15) is 0 Å². The molecule has 0 aromatic rings. The van der Waals surface area contributed by atoms with Gasteiger partial charge in [-0.25, -0.2) is 0 Å². The summed E-state index contributed by atoms with van der Waals surface area (Å²) in [6, 6.07) is 0. The fourth-order valence-corrected chi connectivity index (χ4v) is 4.61. The largest absolute Gasteiger partial charge is 0.381 e. The Hall–Kier alpha value is -0.960. The Bertz CT molecular complexity index is 531. The maximum Gasteiger partial charge on any atom is 0.366 e. The van der Waals surface area contributed by atoms with E-state index >= 15 is 0 Å². The molecule has 0 aliphatic carbocycles. The molecule has 24 heavy (non-hydrogen) atoms. The number of nitrogens with zero attached hydrogens (tertiary/aromatic N) is 3. The number of carbonyl (C=O) groups excluding carboxylic acids is 1. The molecule has 14 heteroatoms. The summed E-state index contributed by atoms with van der Waals surface area (Å²) in [5, 5.41) is 12.5. The number of hydrogen-bond donors (Lipinski definition) is 5. The summed E-state index contributed by atoms with van der Waals surface area (Å²) in [5.74, 6) is -0.401. The van der Waals surface area contributed by atoms with Crippen LogP contribution >= 0.6 is 15.0 Å². The van der Waals surface area contributed by atoms with E-state index in [0.29, 0.717) is 6.66 Å². The van der Waals surface area contributed by atoms with Crippen molar-refractivity contribution in [3.05, 3.63) is 10.4 Å². The van der Waals surface area contributed by atoms with E-state index in [-0.39, 0.29) is 39.1 Å². The van der Waals surface area contributed by atoms with Gasteiger partial charge >= 0.3 is 7.60 Å². The zero-order valence-corrected chi connectivity index (χ0v) is 14.9. The molecule has 0 spiro atoms. The summed E-state index contributed by atoms with van der Waals surface area (Å²) in [6.07, 6.45) is -0.737. The monoisotopic (exact) mass is 388 g/mol. The van der Waals surface area contributed by atoms with E-state index in [1.54, 1.807) is 0 Å². The van der Waals surface area contributed by atoms with E-state index in [1.807, 2.05) is 0 Å². The lowest BCUT2D eigenvalue weighted by Crippen LogP contribution is -2.31. The lowest BCUT2D eigenvalue weighted by Gasteiger charge is -2.30. The van der Waals surface area contributed by atoms with Gasteiger partial charge in [-0.15, -0.1) is 0 Å². The van der Waals surface area contributed by atoms with Gasteiger partial charge in [-0.1, -0.05) is 5.11 Å². The molecule has 12 nitrogen and oxygen atoms in total. The summed E-state index contributed by atoms with van der Waals surface area (Å²) in [7, 11) is -9.71. The zero-order chi connectivity index (χ0) is 18.9. The molecule has 0 aliphatic heterocycles. The van der Waals surface area contributed by atoms with Gasteiger partial charge in [0.1, 0.15) is 0 Å². The van der Waals surface area contributed by atoms with Gasteiger partial charge < -0.3 is 29.8 Å². The van der Waals surface area contributed by atoms with E-state index < -0.39 is 32.4 Å². The number of azide groups is 1. The first kappa shape index (κ1) is 23.0. The van der Waals surface area contributed by atoms with Gasteiger partial charge in [0.25, 0.3) is 0 Å². The Balaban J connectivity index is 4.14. The minimum Gasteiger partial charge on any atom is -0.381 e. The topological polar surface area (TPSA) is 202 Å². The summed E-state index contributed by atoms with van der Waals surface area (Å²) in [4.78, 5) is 41.5. The van der Waals surface area contributed by atoms with Crippen LogP contribution in [0.5, 0.6) is 0 Å². The first-order chi connectivity index (χ1) is 11.0. The minimum absolute atomic E-state index is 0.0191. The fraction of sp³-hybridized carbons (Fsp3) is 0.900. The van der Waals surface area contributed by atoms with Crippen LogP contribution in [0.4, 0.5) is 0 Å². The SMILES string of the molecule is CP(=O)(O)C(O)(CCCNC(=O)CCOCCN=[N+]=[N-])P(=O)(O)O. The van der Waals surface area contributed by atoms with Crippen LogP contribution in [0.25, 0.3) is 10.4 Å². The Kier molecular flexibility index (Phi) is 9.72. The van der Waals surface area contributed by atoms with Crippen molar-refractivity contribution >= 4 is 20.9 Å². The Morgan fingerprint density at radius 2 is 1.96 bits per heavy atom. The second-order valence-corrected chi connectivity index (χ2v) is 9.65. The quantitative estimate of drug-likeness (QED) is 0.103. The fourth-order valence-electron chi connectivity index (χ4n) is 1.65. The summed E-state index contributed by atoms with van der Waals surface area (Å²) in [5.41, 5.74) is 8.03. The highest BCUT2D eigenvalue weighted by Gasteiger charge is 2.56. The normalized spacial score (nSPS) is 16.5. The van der Waals surface area contributed by atoms with Crippen LogP contribution < -0.4 is 5.32 Å². The average Bonchev–Trinajstić information content (AvgIpc) is 2.44. The van der Waals surface area contributed by atoms with Crippen LogP contribution in [0, 0.1) is 0 Å². The van der Waals surface area contributed by atoms with E-state index in [2.05, 4.69) is 15.3 Å². The van der Waals surface area contributed by atoms with Gasteiger partial charge in [0, 0.05) is 31.1 Å². The summed E-state index contributed by atoms with van der Waals surface area (Å²) >= 11 is 0. The number of nitrogens with one attached hydrogen (secondary N) is 1. The third-order valence-electron chi connectivity index (χ3n) is 3.01. The van der Waals surface area contributed by atoms with E-state index in [4.69, 9.17) is 20.1 Å². The molecule has 5 N–H and O–H groups in total. The summed E-state index contributed by atoms with van der Waals surface area (Å²) in [6.45, 7) is 1.05. The van der Waals surface area contributed by atoms with E-state index in [9.17, 15) is 23.9 Å². The van der Waals surface area contributed by atoms with Crippen molar-refractivity contribution in [2.24, 2.45) is 5.11 Å². The highest BCUT2D eigenvalue weighted by atomic mass is 31.2. The van der Waals surface area contributed by atoms with Gasteiger partial charge in [-0.3, -0.25) is 13.9 Å². The van der Waals surface area contributed by atoms with Crippen LogP contribution in [0.2, 0.25) is 0 Å². The smallest absolute Gasteiger partial charge is 0.366 e. The molecule has 0 rings (SSSR count). The molecule has 0 saturated carbocycles.